The van der Waals surface area contributed by atoms with Crippen LogP contribution in [0, 0.1) is 5.41 Å². The molecule has 0 spiro atoms. The summed E-state index contributed by atoms with van der Waals surface area (Å²) >= 11 is 3.65. The third-order valence-corrected chi connectivity index (χ3v) is 4.18. The van der Waals surface area contributed by atoms with Crippen molar-refractivity contribution >= 4 is 15.9 Å². The second-order valence-electron chi connectivity index (χ2n) is 4.08. The third-order valence-electron chi connectivity index (χ3n) is 2.99. The molecule has 0 rings (SSSR count). The van der Waals surface area contributed by atoms with Gasteiger partial charge < -0.3 is 4.90 Å². The highest BCUT2D eigenvalue weighted by atomic mass is 79.9. The zero-order valence-electron chi connectivity index (χ0n) is 9.57. The Morgan fingerprint density at radius 3 is 2.00 bits per heavy atom. The maximum Gasteiger partial charge on any atom is 0.01000 e. The van der Waals surface area contributed by atoms with Gasteiger partial charge in [0.1, 0.15) is 0 Å². The summed E-state index contributed by atoms with van der Waals surface area (Å²) in [5, 5.41) is 1.13. The molecule has 13 heavy (non-hydrogen) atoms. The van der Waals surface area contributed by atoms with Crippen LogP contribution in [-0.2, 0) is 0 Å². The van der Waals surface area contributed by atoms with Gasteiger partial charge in [-0.15, -0.1) is 0 Å². The summed E-state index contributed by atoms with van der Waals surface area (Å²) in [6.07, 6.45) is 3.79. The Morgan fingerprint density at radius 1 is 1.15 bits per heavy atom. The molecule has 0 radical (unpaired) electrons. The van der Waals surface area contributed by atoms with Gasteiger partial charge in [-0.1, -0.05) is 36.7 Å². The van der Waals surface area contributed by atoms with Crippen LogP contribution in [0.15, 0.2) is 0 Å². The molecule has 2 heteroatoms. The van der Waals surface area contributed by atoms with E-state index in [-0.39, 0.29) is 0 Å². The summed E-state index contributed by atoms with van der Waals surface area (Å²) in [5.74, 6) is 0. The minimum Gasteiger partial charge on any atom is -0.306 e. The van der Waals surface area contributed by atoms with Crippen molar-refractivity contribution in [2.45, 2.75) is 40.0 Å². The maximum atomic E-state index is 3.65. The first-order valence-corrected chi connectivity index (χ1v) is 6.50. The molecule has 0 fully saturated rings. The first kappa shape index (κ1) is 13.4. The van der Waals surface area contributed by atoms with Crippen molar-refractivity contribution in [2.75, 3.05) is 25.5 Å². The van der Waals surface area contributed by atoms with Crippen molar-refractivity contribution < 1.29 is 0 Å². The first-order chi connectivity index (χ1) is 6.14. The SMILES string of the molecule is CCCN(C)CC(CC)(CC)CBr. The number of halogens is 1. The molecule has 0 aliphatic heterocycles. The van der Waals surface area contributed by atoms with E-state index < -0.39 is 0 Å². The van der Waals surface area contributed by atoms with Crippen molar-refractivity contribution in [3.63, 3.8) is 0 Å². The second-order valence-corrected chi connectivity index (χ2v) is 4.64. The fourth-order valence-corrected chi connectivity index (χ4v) is 2.71. The van der Waals surface area contributed by atoms with E-state index in [2.05, 4.69) is 48.6 Å². The average molecular weight is 250 g/mol. The van der Waals surface area contributed by atoms with E-state index >= 15 is 0 Å². The molecule has 0 aliphatic rings. The van der Waals surface area contributed by atoms with E-state index in [1.165, 1.54) is 32.4 Å². The number of nitrogens with zero attached hydrogens (tertiary/aromatic N) is 1. The van der Waals surface area contributed by atoms with E-state index in [9.17, 15) is 0 Å². The number of alkyl halides is 1. The lowest BCUT2D eigenvalue weighted by atomic mass is 9.84. The molecule has 0 amide bonds. The van der Waals surface area contributed by atoms with Crippen molar-refractivity contribution in [3.05, 3.63) is 0 Å². The van der Waals surface area contributed by atoms with Crippen LogP contribution in [0.25, 0.3) is 0 Å². The zero-order chi connectivity index (χ0) is 10.3. The van der Waals surface area contributed by atoms with Gasteiger partial charge >= 0.3 is 0 Å². The quantitative estimate of drug-likeness (QED) is 0.625. The highest BCUT2D eigenvalue weighted by Crippen LogP contribution is 2.29. The van der Waals surface area contributed by atoms with Gasteiger partial charge in [0.25, 0.3) is 0 Å². The fourth-order valence-electron chi connectivity index (χ4n) is 1.74. The summed E-state index contributed by atoms with van der Waals surface area (Å²) < 4.78 is 0. The predicted octanol–water partition coefficient (Wildman–Crippen LogP) is 3.53. The molecule has 0 atom stereocenters. The largest absolute Gasteiger partial charge is 0.306 e. The number of hydrogen-bond acceptors (Lipinski definition) is 1. The fraction of sp³-hybridized carbons (Fsp3) is 1.00. The van der Waals surface area contributed by atoms with Crippen LogP contribution in [0.1, 0.15) is 40.0 Å². The van der Waals surface area contributed by atoms with Gasteiger partial charge in [-0.2, -0.15) is 0 Å². The van der Waals surface area contributed by atoms with Gasteiger partial charge in [0.2, 0.25) is 0 Å². The van der Waals surface area contributed by atoms with Crippen molar-refractivity contribution in [3.8, 4) is 0 Å². The molecule has 0 saturated carbocycles. The topological polar surface area (TPSA) is 3.24 Å². The monoisotopic (exact) mass is 249 g/mol. The molecule has 0 aromatic heterocycles. The summed E-state index contributed by atoms with van der Waals surface area (Å²) in [5.41, 5.74) is 0.490. The minimum atomic E-state index is 0.490. The molecule has 0 aromatic rings. The summed E-state index contributed by atoms with van der Waals surface area (Å²) in [4.78, 5) is 2.45. The van der Waals surface area contributed by atoms with Crippen molar-refractivity contribution in [2.24, 2.45) is 5.41 Å². The van der Waals surface area contributed by atoms with Crippen LogP contribution in [0.4, 0.5) is 0 Å². The molecule has 0 aromatic carbocycles. The molecule has 0 heterocycles. The lowest BCUT2D eigenvalue weighted by Gasteiger charge is -2.34. The number of rotatable bonds is 7. The molecule has 0 bridgehead atoms. The van der Waals surface area contributed by atoms with Gasteiger partial charge in [0.15, 0.2) is 0 Å². The molecule has 1 nitrogen and oxygen atoms in total. The van der Waals surface area contributed by atoms with Crippen molar-refractivity contribution in [1.29, 1.82) is 0 Å². The number of hydrogen-bond donors (Lipinski definition) is 0. The Bertz CT molecular complexity index is 113. The van der Waals surface area contributed by atoms with Crippen LogP contribution >= 0.6 is 15.9 Å². The van der Waals surface area contributed by atoms with E-state index in [1.54, 1.807) is 0 Å². The first-order valence-electron chi connectivity index (χ1n) is 5.38. The van der Waals surface area contributed by atoms with Gasteiger partial charge in [-0.25, -0.2) is 0 Å². The Kier molecular flexibility index (Phi) is 7.06. The van der Waals surface area contributed by atoms with E-state index in [0.29, 0.717) is 5.41 Å². The second kappa shape index (κ2) is 6.83. The van der Waals surface area contributed by atoms with Crippen molar-refractivity contribution in [1.82, 2.24) is 4.90 Å². The van der Waals surface area contributed by atoms with Gasteiger partial charge in [0.05, 0.1) is 0 Å². The van der Waals surface area contributed by atoms with Gasteiger partial charge in [0, 0.05) is 11.9 Å². The van der Waals surface area contributed by atoms with Crippen LogP contribution in [0.2, 0.25) is 0 Å². The highest BCUT2D eigenvalue weighted by molar-refractivity contribution is 9.09. The molecule has 0 aliphatic carbocycles. The molecule has 80 valence electrons. The average Bonchev–Trinajstić information content (AvgIpc) is 2.15. The lowest BCUT2D eigenvalue weighted by molar-refractivity contribution is 0.185. The molecular weight excluding hydrogens is 226 g/mol. The molecule has 0 saturated heterocycles. The zero-order valence-corrected chi connectivity index (χ0v) is 11.2. The predicted molar refractivity (Wildman–Crippen MR) is 64.6 cm³/mol. The summed E-state index contributed by atoms with van der Waals surface area (Å²) in [6.45, 7) is 9.27. The Balaban J connectivity index is 4.07. The lowest BCUT2D eigenvalue weighted by Crippen LogP contribution is -2.36. The van der Waals surface area contributed by atoms with Crippen LogP contribution in [0.3, 0.4) is 0 Å². The Morgan fingerprint density at radius 2 is 1.69 bits per heavy atom. The maximum absolute atomic E-state index is 3.65. The third kappa shape index (κ3) is 4.46. The van der Waals surface area contributed by atoms with Crippen LogP contribution < -0.4 is 0 Å². The van der Waals surface area contributed by atoms with E-state index in [1.807, 2.05) is 0 Å². The molecule has 0 N–H and O–H groups in total. The van der Waals surface area contributed by atoms with Crippen LogP contribution in [0.5, 0.6) is 0 Å². The Labute approximate surface area is 92.0 Å². The van der Waals surface area contributed by atoms with Gasteiger partial charge in [-0.05, 0) is 38.3 Å². The standard InChI is InChI=1S/C11H24BrN/c1-5-8-13(4)10-11(6-2,7-3)9-12/h5-10H2,1-4H3. The minimum absolute atomic E-state index is 0.490. The summed E-state index contributed by atoms with van der Waals surface area (Å²) in [6, 6.07) is 0. The van der Waals surface area contributed by atoms with Crippen LogP contribution in [-0.4, -0.2) is 30.4 Å². The molecule has 0 unspecified atom stereocenters. The molecular formula is C11H24BrN. The van der Waals surface area contributed by atoms with E-state index in [4.69, 9.17) is 0 Å². The van der Waals surface area contributed by atoms with E-state index in [0.717, 1.165) is 5.33 Å². The normalized spacial score (nSPS) is 12.5. The van der Waals surface area contributed by atoms with Gasteiger partial charge in [-0.3, -0.25) is 0 Å². The highest BCUT2D eigenvalue weighted by Gasteiger charge is 2.25. The Hall–Kier alpha value is 0.440. The smallest absolute Gasteiger partial charge is 0.01000 e. The summed E-state index contributed by atoms with van der Waals surface area (Å²) in [7, 11) is 2.23.